The van der Waals surface area contributed by atoms with Gasteiger partial charge in [-0.25, -0.2) is 4.98 Å². The highest BCUT2D eigenvalue weighted by molar-refractivity contribution is 7.20. The van der Waals surface area contributed by atoms with E-state index in [4.69, 9.17) is 0 Å². The Morgan fingerprint density at radius 3 is 3.10 bits per heavy atom. The van der Waals surface area contributed by atoms with Gasteiger partial charge < -0.3 is 5.32 Å². The molecule has 0 aliphatic heterocycles. The topological polar surface area (TPSA) is 59.3 Å². The Balaban J connectivity index is 1.72. The molecule has 1 fully saturated rings. The summed E-state index contributed by atoms with van der Waals surface area (Å²) in [5, 5.41) is 8.71. The first-order valence-corrected chi connectivity index (χ1v) is 8.56. The largest absolute Gasteiger partial charge is 0.357 e. The molecular weight excluding hydrogens is 284 g/mol. The van der Waals surface area contributed by atoms with E-state index < -0.39 is 0 Å². The van der Waals surface area contributed by atoms with Gasteiger partial charge in [0, 0.05) is 18.3 Å². The molecule has 0 amide bonds. The van der Waals surface area contributed by atoms with Crippen molar-refractivity contribution in [3.05, 3.63) is 22.6 Å². The van der Waals surface area contributed by atoms with Crippen molar-refractivity contribution >= 4 is 21.4 Å². The normalized spacial score (nSPS) is 22.2. The average molecular weight is 306 g/mol. The van der Waals surface area contributed by atoms with Crippen molar-refractivity contribution in [3.63, 3.8) is 0 Å². The van der Waals surface area contributed by atoms with Crippen LogP contribution in [0.4, 0.5) is 5.13 Å². The van der Waals surface area contributed by atoms with Gasteiger partial charge in [0.05, 0.1) is 0 Å². The second kappa shape index (κ2) is 6.13. The van der Waals surface area contributed by atoms with Crippen LogP contribution >= 0.6 is 11.3 Å². The van der Waals surface area contributed by atoms with E-state index in [1.165, 1.54) is 54.0 Å². The molecule has 2 atom stereocenters. The number of fused-ring (bicyclic) bond motifs is 1. The smallest absolute Gasteiger partial charge is 0.275 e. The third kappa shape index (κ3) is 3.26. The van der Waals surface area contributed by atoms with Gasteiger partial charge in [0.1, 0.15) is 0 Å². The minimum atomic E-state index is -0.118. The predicted molar refractivity (Wildman–Crippen MR) is 86.0 cm³/mol. The second-order valence-electron chi connectivity index (χ2n) is 6.30. The monoisotopic (exact) mass is 306 g/mol. The van der Waals surface area contributed by atoms with E-state index in [0.717, 1.165) is 17.0 Å². The van der Waals surface area contributed by atoms with Crippen molar-refractivity contribution in [1.82, 2.24) is 14.6 Å². The number of rotatable bonds is 5. The highest BCUT2D eigenvalue weighted by Crippen LogP contribution is 2.33. The van der Waals surface area contributed by atoms with Crippen LogP contribution < -0.4 is 10.9 Å². The van der Waals surface area contributed by atoms with Gasteiger partial charge in [0.15, 0.2) is 0 Å². The van der Waals surface area contributed by atoms with Crippen LogP contribution in [0.3, 0.4) is 0 Å². The maximum atomic E-state index is 11.7. The minimum absolute atomic E-state index is 0.118. The maximum Gasteiger partial charge on any atom is 0.275 e. The summed E-state index contributed by atoms with van der Waals surface area (Å²) >= 11 is 1.45. The molecule has 0 aromatic carbocycles. The van der Waals surface area contributed by atoms with Gasteiger partial charge in [-0.15, -0.1) is 5.10 Å². The highest BCUT2D eigenvalue weighted by Gasteiger charge is 2.27. The number of nitrogens with zero attached hydrogens (tertiary/aromatic N) is 3. The molecule has 1 saturated carbocycles. The van der Waals surface area contributed by atoms with Gasteiger partial charge in [-0.05, 0) is 31.1 Å². The van der Waals surface area contributed by atoms with E-state index in [0.29, 0.717) is 11.0 Å². The van der Waals surface area contributed by atoms with Crippen LogP contribution in [0.15, 0.2) is 17.1 Å². The molecule has 0 saturated heterocycles. The van der Waals surface area contributed by atoms with Crippen LogP contribution in [0.1, 0.15) is 46.0 Å². The molecule has 0 radical (unpaired) electrons. The predicted octanol–water partition coefficient (Wildman–Crippen LogP) is 3.17. The van der Waals surface area contributed by atoms with E-state index >= 15 is 0 Å². The number of aromatic nitrogens is 3. The lowest BCUT2D eigenvalue weighted by Crippen LogP contribution is -2.24. The highest BCUT2D eigenvalue weighted by atomic mass is 32.1. The van der Waals surface area contributed by atoms with Gasteiger partial charge in [0.2, 0.25) is 10.1 Å². The lowest BCUT2D eigenvalue weighted by molar-refractivity contribution is 0.411. The van der Waals surface area contributed by atoms with Gasteiger partial charge in [-0.2, -0.15) is 4.52 Å². The van der Waals surface area contributed by atoms with Crippen LogP contribution in [0.5, 0.6) is 0 Å². The first kappa shape index (κ1) is 14.5. The van der Waals surface area contributed by atoms with Crippen LogP contribution in [-0.4, -0.2) is 20.6 Å². The van der Waals surface area contributed by atoms with Crippen molar-refractivity contribution in [2.45, 2.75) is 52.0 Å². The summed E-state index contributed by atoms with van der Waals surface area (Å²) in [5.41, 5.74) is -0.118. The zero-order chi connectivity index (χ0) is 14.8. The average Bonchev–Trinajstić information content (AvgIpc) is 3.04. The summed E-state index contributed by atoms with van der Waals surface area (Å²) in [6.07, 6.45) is 7.88. The van der Waals surface area contributed by atoms with Gasteiger partial charge in [-0.3, -0.25) is 4.79 Å². The number of nitrogens with one attached hydrogen (secondary N) is 1. The Hall–Kier alpha value is -1.43. The van der Waals surface area contributed by atoms with Crippen LogP contribution in [0.2, 0.25) is 0 Å². The zero-order valence-corrected chi connectivity index (χ0v) is 13.4. The molecule has 21 heavy (non-hydrogen) atoms. The molecule has 0 unspecified atom stereocenters. The molecule has 2 aromatic rings. The second-order valence-corrected chi connectivity index (χ2v) is 7.25. The maximum absolute atomic E-state index is 11.7. The molecule has 1 N–H and O–H groups in total. The molecular formula is C15H22N4OS. The Bertz CT molecular complexity index is 663. The SMILES string of the molecule is CC(C)CC[C@H]1CCC[C@H]1Nc1nn2c(=O)ccnc2s1. The van der Waals surface area contributed by atoms with E-state index in [9.17, 15) is 4.79 Å². The lowest BCUT2D eigenvalue weighted by Gasteiger charge is -2.21. The lowest BCUT2D eigenvalue weighted by atomic mass is 9.94. The summed E-state index contributed by atoms with van der Waals surface area (Å²) in [6, 6.07) is 1.93. The Kier molecular flexibility index (Phi) is 4.24. The van der Waals surface area contributed by atoms with E-state index in [-0.39, 0.29) is 5.56 Å². The summed E-state index contributed by atoms with van der Waals surface area (Å²) < 4.78 is 1.38. The molecule has 2 aromatic heterocycles. The Morgan fingerprint density at radius 1 is 1.48 bits per heavy atom. The molecule has 1 aliphatic carbocycles. The standard InChI is InChI=1S/C15H22N4OS/c1-10(2)6-7-11-4-3-5-12(11)17-14-18-19-13(20)8-9-16-15(19)21-14/h8-12H,3-7H2,1-2H3,(H,17,18)/t11-,12-/m1/s1. The number of hydrogen-bond acceptors (Lipinski definition) is 5. The fraction of sp³-hybridized carbons (Fsp3) is 0.667. The van der Waals surface area contributed by atoms with Crippen LogP contribution in [0.25, 0.3) is 4.96 Å². The summed E-state index contributed by atoms with van der Waals surface area (Å²) in [7, 11) is 0. The number of hydrogen-bond donors (Lipinski definition) is 1. The quantitative estimate of drug-likeness (QED) is 0.922. The van der Waals surface area contributed by atoms with Crippen molar-refractivity contribution in [2.75, 3.05) is 5.32 Å². The molecule has 5 nitrogen and oxygen atoms in total. The van der Waals surface area contributed by atoms with Crippen LogP contribution in [0, 0.1) is 11.8 Å². The van der Waals surface area contributed by atoms with Crippen LogP contribution in [-0.2, 0) is 0 Å². The molecule has 1 aliphatic rings. The molecule has 6 heteroatoms. The van der Waals surface area contributed by atoms with Gasteiger partial charge in [-0.1, -0.05) is 38.0 Å². The molecule has 0 bridgehead atoms. The Labute approximate surface area is 128 Å². The number of anilines is 1. The first-order valence-electron chi connectivity index (χ1n) is 7.75. The molecule has 3 rings (SSSR count). The molecule has 114 valence electrons. The first-order chi connectivity index (χ1) is 10.1. The van der Waals surface area contributed by atoms with Crippen molar-refractivity contribution in [2.24, 2.45) is 11.8 Å². The van der Waals surface area contributed by atoms with Gasteiger partial charge in [0.25, 0.3) is 5.56 Å². The molecule has 0 spiro atoms. The van der Waals surface area contributed by atoms with Crippen molar-refractivity contribution in [1.29, 1.82) is 0 Å². The van der Waals surface area contributed by atoms with E-state index in [1.54, 1.807) is 6.20 Å². The summed E-state index contributed by atoms with van der Waals surface area (Å²) in [6.45, 7) is 4.56. The zero-order valence-electron chi connectivity index (χ0n) is 12.6. The third-order valence-corrected chi connectivity index (χ3v) is 5.11. The minimum Gasteiger partial charge on any atom is -0.357 e. The van der Waals surface area contributed by atoms with E-state index in [1.807, 2.05) is 0 Å². The fourth-order valence-electron chi connectivity index (χ4n) is 3.08. The third-order valence-electron chi connectivity index (χ3n) is 4.25. The van der Waals surface area contributed by atoms with Crippen molar-refractivity contribution < 1.29 is 0 Å². The summed E-state index contributed by atoms with van der Waals surface area (Å²) in [4.78, 5) is 16.6. The van der Waals surface area contributed by atoms with Gasteiger partial charge >= 0.3 is 0 Å². The summed E-state index contributed by atoms with van der Waals surface area (Å²) in [5.74, 6) is 1.49. The molecule has 2 heterocycles. The van der Waals surface area contributed by atoms with Crippen molar-refractivity contribution in [3.8, 4) is 0 Å². The fourth-order valence-corrected chi connectivity index (χ4v) is 3.92. The Morgan fingerprint density at radius 2 is 2.33 bits per heavy atom. The van der Waals surface area contributed by atoms with E-state index in [2.05, 4.69) is 29.2 Å².